The number of anilines is 1. The Morgan fingerprint density at radius 3 is 2.50 bits per heavy atom. The van der Waals surface area contributed by atoms with Gasteiger partial charge in [-0.3, -0.25) is 4.79 Å². The van der Waals surface area contributed by atoms with E-state index in [-0.39, 0.29) is 5.56 Å². The zero-order chi connectivity index (χ0) is 11.5. The predicted molar refractivity (Wildman–Crippen MR) is 67.9 cm³/mol. The van der Waals surface area contributed by atoms with Gasteiger partial charge in [-0.15, -0.1) is 0 Å². The molecule has 0 aromatic carbocycles. The summed E-state index contributed by atoms with van der Waals surface area (Å²) in [6.07, 6.45) is 6.74. The molecule has 0 aliphatic carbocycles. The summed E-state index contributed by atoms with van der Waals surface area (Å²) in [5, 5.41) is 4.08. The van der Waals surface area contributed by atoms with Gasteiger partial charge in [-0.1, -0.05) is 12.8 Å². The molecule has 0 radical (unpaired) electrons. The van der Waals surface area contributed by atoms with E-state index in [0.29, 0.717) is 4.47 Å². The van der Waals surface area contributed by atoms with Crippen molar-refractivity contribution in [2.75, 3.05) is 18.0 Å². The van der Waals surface area contributed by atoms with Crippen LogP contribution in [0.25, 0.3) is 0 Å². The van der Waals surface area contributed by atoms with Crippen LogP contribution in [0, 0.1) is 0 Å². The lowest BCUT2D eigenvalue weighted by molar-refractivity contribution is 0.692. The van der Waals surface area contributed by atoms with Crippen molar-refractivity contribution in [3.63, 3.8) is 0 Å². The van der Waals surface area contributed by atoms with Gasteiger partial charge in [0.2, 0.25) is 0 Å². The molecule has 0 spiro atoms. The summed E-state index contributed by atoms with van der Waals surface area (Å²) in [6.45, 7) is 2.04. The van der Waals surface area contributed by atoms with Crippen molar-refractivity contribution in [1.29, 1.82) is 0 Å². The molecule has 4 nitrogen and oxygen atoms in total. The van der Waals surface area contributed by atoms with Gasteiger partial charge in [-0.25, -0.2) is 4.68 Å². The van der Waals surface area contributed by atoms with Crippen LogP contribution in [-0.2, 0) is 7.05 Å². The molecule has 1 saturated heterocycles. The molecular formula is C11H16BrN3O. The van der Waals surface area contributed by atoms with Gasteiger partial charge >= 0.3 is 0 Å². The van der Waals surface area contributed by atoms with E-state index in [2.05, 4.69) is 25.9 Å². The number of hydrogen-bond acceptors (Lipinski definition) is 3. The minimum Gasteiger partial charge on any atom is -0.369 e. The number of hydrogen-bond donors (Lipinski definition) is 0. The highest BCUT2D eigenvalue weighted by atomic mass is 79.9. The van der Waals surface area contributed by atoms with Crippen molar-refractivity contribution in [3.8, 4) is 0 Å². The van der Waals surface area contributed by atoms with Gasteiger partial charge in [-0.2, -0.15) is 5.10 Å². The van der Waals surface area contributed by atoms with E-state index in [1.54, 1.807) is 13.2 Å². The van der Waals surface area contributed by atoms with Gasteiger partial charge < -0.3 is 4.90 Å². The third kappa shape index (κ3) is 2.29. The minimum atomic E-state index is -0.0678. The second-order valence-electron chi connectivity index (χ2n) is 4.17. The van der Waals surface area contributed by atoms with Gasteiger partial charge in [-0.05, 0) is 28.8 Å². The van der Waals surface area contributed by atoms with Crippen molar-refractivity contribution in [3.05, 3.63) is 21.0 Å². The van der Waals surface area contributed by atoms with E-state index in [9.17, 15) is 4.79 Å². The van der Waals surface area contributed by atoms with Crippen LogP contribution in [0.2, 0.25) is 0 Å². The summed E-state index contributed by atoms with van der Waals surface area (Å²) in [7, 11) is 1.67. The summed E-state index contributed by atoms with van der Waals surface area (Å²) >= 11 is 3.38. The number of aryl methyl sites for hydroxylation is 1. The molecule has 0 saturated carbocycles. The van der Waals surface area contributed by atoms with Gasteiger partial charge in [0.05, 0.1) is 11.9 Å². The molecule has 88 valence electrons. The van der Waals surface area contributed by atoms with Crippen LogP contribution >= 0.6 is 15.9 Å². The minimum absolute atomic E-state index is 0.0678. The Kier molecular flexibility index (Phi) is 3.63. The van der Waals surface area contributed by atoms with Gasteiger partial charge in [0.1, 0.15) is 4.47 Å². The predicted octanol–water partition coefficient (Wildman–Crippen LogP) is 1.92. The highest BCUT2D eigenvalue weighted by Crippen LogP contribution is 2.24. The average molecular weight is 286 g/mol. The van der Waals surface area contributed by atoms with Crippen LogP contribution in [0.3, 0.4) is 0 Å². The smallest absolute Gasteiger partial charge is 0.282 e. The Morgan fingerprint density at radius 2 is 1.88 bits per heavy atom. The maximum absolute atomic E-state index is 11.7. The van der Waals surface area contributed by atoms with Crippen LogP contribution in [0.15, 0.2) is 15.5 Å². The fourth-order valence-corrected chi connectivity index (χ4v) is 2.64. The molecule has 1 aliphatic heterocycles. The maximum atomic E-state index is 11.7. The topological polar surface area (TPSA) is 38.1 Å². The number of rotatable bonds is 1. The van der Waals surface area contributed by atoms with Crippen LogP contribution < -0.4 is 10.5 Å². The molecule has 2 rings (SSSR count). The zero-order valence-electron chi connectivity index (χ0n) is 9.45. The largest absolute Gasteiger partial charge is 0.369 e. The molecule has 1 aromatic rings. The highest BCUT2D eigenvalue weighted by Gasteiger charge is 2.15. The first-order valence-electron chi connectivity index (χ1n) is 5.67. The summed E-state index contributed by atoms with van der Waals surface area (Å²) < 4.78 is 1.98. The molecule has 2 heterocycles. The Hall–Kier alpha value is -0.840. The summed E-state index contributed by atoms with van der Waals surface area (Å²) in [5.41, 5.74) is 0.867. The molecule has 0 bridgehead atoms. The number of aromatic nitrogens is 2. The van der Waals surface area contributed by atoms with E-state index in [1.165, 1.54) is 30.4 Å². The summed E-state index contributed by atoms with van der Waals surface area (Å²) in [6, 6.07) is 0. The summed E-state index contributed by atoms with van der Waals surface area (Å²) in [5.74, 6) is 0. The number of halogens is 1. The molecule has 0 N–H and O–H groups in total. The van der Waals surface area contributed by atoms with Crippen molar-refractivity contribution in [2.24, 2.45) is 7.05 Å². The van der Waals surface area contributed by atoms with Crippen molar-refractivity contribution in [1.82, 2.24) is 9.78 Å². The van der Waals surface area contributed by atoms with Gasteiger partial charge in [0.25, 0.3) is 5.56 Å². The van der Waals surface area contributed by atoms with Crippen molar-refractivity contribution in [2.45, 2.75) is 25.7 Å². The average Bonchev–Trinajstić information content (AvgIpc) is 2.55. The normalized spacial score (nSPS) is 17.2. The molecule has 1 aromatic heterocycles. The van der Waals surface area contributed by atoms with Gasteiger partial charge in [0, 0.05) is 20.1 Å². The lowest BCUT2D eigenvalue weighted by Gasteiger charge is -2.23. The second-order valence-corrected chi connectivity index (χ2v) is 4.97. The van der Waals surface area contributed by atoms with Crippen LogP contribution in [0.4, 0.5) is 5.69 Å². The Morgan fingerprint density at radius 1 is 1.25 bits per heavy atom. The van der Waals surface area contributed by atoms with Gasteiger partial charge in [0.15, 0.2) is 0 Å². The number of nitrogens with zero attached hydrogens (tertiary/aromatic N) is 3. The molecule has 0 atom stereocenters. The highest BCUT2D eigenvalue weighted by molar-refractivity contribution is 9.10. The lowest BCUT2D eigenvalue weighted by atomic mass is 10.2. The summed E-state index contributed by atoms with van der Waals surface area (Å²) in [4.78, 5) is 14.0. The van der Waals surface area contributed by atoms with Crippen molar-refractivity contribution >= 4 is 21.6 Å². The fourth-order valence-electron chi connectivity index (χ4n) is 2.03. The van der Waals surface area contributed by atoms with Crippen LogP contribution in [0.5, 0.6) is 0 Å². The molecular weight excluding hydrogens is 270 g/mol. The fraction of sp³-hybridized carbons (Fsp3) is 0.636. The standard InChI is InChI=1S/C11H16BrN3O/c1-14-11(16)10(12)9(8-13-14)15-6-4-2-3-5-7-15/h8H,2-7H2,1H3. The first-order chi connectivity index (χ1) is 7.70. The lowest BCUT2D eigenvalue weighted by Crippen LogP contribution is -2.29. The van der Waals surface area contributed by atoms with E-state index >= 15 is 0 Å². The second kappa shape index (κ2) is 4.99. The van der Waals surface area contributed by atoms with Crippen LogP contribution in [0.1, 0.15) is 25.7 Å². The quantitative estimate of drug-likeness (QED) is 0.791. The van der Waals surface area contributed by atoms with E-state index < -0.39 is 0 Å². The van der Waals surface area contributed by atoms with Crippen molar-refractivity contribution < 1.29 is 0 Å². The monoisotopic (exact) mass is 285 g/mol. The molecule has 1 aliphatic rings. The first kappa shape index (κ1) is 11.6. The van der Waals surface area contributed by atoms with Crippen LogP contribution in [-0.4, -0.2) is 22.9 Å². The van der Waals surface area contributed by atoms with E-state index in [1.807, 2.05) is 0 Å². The first-order valence-corrected chi connectivity index (χ1v) is 6.46. The molecule has 16 heavy (non-hydrogen) atoms. The third-order valence-corrected chi connectivity index (χ3v) is 3.75. The Bertz CT molecular complexity index is 422. The SMILES string of the molecule is Cn1ncc(N2CCCCCC2)c(Br)c1=O. The maximum Gasteiger partial charge on any atom is 0.282 e. The zero-order valence-corrected chi connectivity index (χ0v) is 11.0. The molecule has 0 amide bonds. The molecule has 5 heteroatoms. The molecule has 1 fully saturated rings. The molecule has 0 unspecified atom stereocenters. The third-order valence-electron chi connectivity index (χ3n) is 3.01. The van der Waals surface area contributed by atoms with E-state index in [4.69, 9.17) is 0 Å². The van der Waals surface area contributed by atoms with E-state index in [0.717, 1.165) is 18.8 Å². The Balaban J connectivity index is 2.32. The Labute approximate surface area is 103 Å².